The number of amides is 1. The van der Waals surface area contributed by atoms with E-state index < -0.39 is 5.25 Å². The number of benzene rings is 2. The van der Waals surface area contributed by atoms with Crippen molar-refractivity contribution in [3.05, 3.63) is 58.6 Å². The second-order valence-electron chi connectivity index (χ2n) is 5.84. The number of para-hydroxylation sites is 2. The molecule has 0 aliphatic rings. The first-order valence-electron chi connectivity index (χ1n) is 8.04. The van der Waals surface area contributed by atoms with Crippen molar-refractivity contribution in [3.8, 4) is 5.69 Å². The molecular weight excluding hydrogens is 370 g/mol. The van der Waals surface area contributed by atoms with Crippen LogP contribution in [0.3, 0.4) is 0 Å². The van der Waals surface area contributed by atoms with Gasteiger partial charge in [0.05, 0.1) is 21.6 Å². The van der Waals surface area contributed by atoms with E-state index >= 15 is 0 Å². The monoisotopic (exact) mass is 387 g/mol. The summed E-state index contributed by atoms with van der Waals surface area (Å²) in [6, 6.07) is 13.1. The molecule has 1 heterocycles. The molecule has 1 N–H and O–H groups in total. The highest BCUT2D eigenvalue weighted by Gasteiger charge is 2.21. The van der Waals surface area contributed by atoms with Gasteiger partial charge in [0.15, 0.2) is 0 Å². The van der Waals surface area contributed by atoms with Crippen molar-refractivity contribution in [3.63, 3.8) is 0 Å². The molecule has 2 aromatic carbocycles. The molecule has 8 heteroatoms. The number of halogens is 1. The third-order valence-corrected chi connectivity index (χ3v) is 5.24. The summed E-state index contributed by atoms with van der Waals surface area (Å²) in [4.78, 5) is 12.5. The summed E-state index contributed by atoms with van der Waals surface area (Å²) in [5, 5.41) is 15.5. The number of hydrogen-bond donors (Lipinski definition) is 1. The van der Waals surface area contributed by atoms with Crippen LogP contribution < -0.4 is 5.32 Å². The van der Waals surface area contributed by atoms with Gasteiger partial charge in [-0.1, -0.05) is 53.7 Å². The zero-order valence-corrected chi connectivity index (χ0v) is 16.2. The molecule has 1 atom stereocenters. The molecule has 0 spiro atoms. The SMILES string of the molecule is Cc1cccc(C)c1-n1nnnc1S[C@H](C)C(=O)Nc1ccccc1Cl. The van der Waals surface area contributed by atoms with Gasteiger partial charge in [0.25, 0.3) is 0 Å². The van der Waals surface area contributed by atoms with E-state index in [1.54, 1.807) is 23.7 Å². The van der Waals surface area contributed by atoms with E-state index in [1.165, 1.54) is 11.8 Å². The minimum absolute atomic E-state index is 0.167. The topological polar surface area (TPSA) is 72.7 Å². The molecule has 26 heavy (non-hydrogen) atoms. The zero-order valence-electron chi connectivity index (χ0n) is 14.6. The molecule has 3 rings (SSSR count). The van der Waals surface area contributed by atoms with Gasteiger partial charge in [-0.15, -0.1) is 5.10 Å². The number of tetrazole rings is 1. The first kappa shape index (κ1) is 18.4. The number of rotatable bonds is 5. The Balaban J connectivity index is 1.79. The Morgan fingerprint density at radius 1 is 1.15 bits per heavy atom. The largest absolute Gasteiger partial charge is 0.324 e. The van der Waals surface area contributed by atoms with Gasteiger partial charge in [-0.2, -0.15) is 4.68 Å². The van der Waals surface area contributed by atoms with Crippen molar-refractivity contribution in [1.82, 2.24) is 20.2 Å². The molecule has 3 aromatic rings. The molecule has 0 fully saturated rings. The van der Waals surface area contributed by atoms with Crippen LogP contribution in [0.2, 0.25) is 5.02 Å². The molecule has 0 aliphatic carbocycles. The number of nitrogens with one attached hydrogen (secondary N) is 1. The highest BCUT2D eigenvalue weighted by molar-refractivity contribution is 8.00. The second kappa shape index (κ2) is 7.88. The molecule has 0 saturated heterocycles. The molecule has 1 aromatic heterocycles. The quantitative estimate of drug-likeness (QED) is 0.668. The molecule has 6 nitrogen and oxygen atoms in total. The lowest BCUT2D eigenvalue weighted by atomic mass is 10.1. The Morgan fingerprint density at radius 3 is 2.54 bits per heavy atom. The third kappa shape index (κ3) is 3.89. The first-order chi connectivity index (χ1) is 12.5. The lowest BCUT2D eigenvalue weighted by Gasteiger charge is -2.14. The number of anilines is 1. The van der Waals surface area contributed by atoms with Gasteiger partial charge in [-0.05, 0) is 54.5 Å². The van der Waals surface area contributed by atoms with Gasteiger partial charge in [0.1, 0.15) is 0 Å². The number of carbonyl (C=O) groups is 1. The van der Waals surface area contributed by atoms with Crippen molar-refractivity contribution in [1.29, 1.82) is 0 Å². The first-order valence-corrected chi connectivity index (χ1v) is 9.30. The van der Waals surface area contributed by atoms with Crippen molar-refractivity contribution in [2.24, 2.45) is 0 Å². The lowest BCUT2D eigenvalue weighted by molar-refractivity contribution is -0.115. The number of thioether (sulfide) groups is 1. The van der Waals surface area contributed by atoms with Gasteiger partial charge in [0.2, 0.25) is 11.1 Å². The van der Waals surface area contributed by atoms with Gasteiger partial charge in [0, 0.05) is 0 Å². The molecule has 0 radical (unpaired) electrons. The summed E-state index contributed by atoms with van der Waals surface area (Å²) in [6.07, 6.45) is 0. The zero-order chi connectivity index (χ0) is 18.7. The van der Waals surface area contributed by atoms with E-state index in [2.05, 4.69) is 20.8 Å². The molecular formula is C18H18ClN5OS. The summed E-state index contributed by atoms with van der Waals surface area (Å²) in [5.74, 6) is -0.167. The van der Waals surface area contributed by atoms with E-state index in [9.17, 15) is 4.79 Å². The number of nitrogens with zero attached hydrogens (tertiary/aromatic N) is 4. The summed E-state index contributed by atoms with van der Waals surface area (Å²) in [7, 11) is 0. The Morgan fingerprint density at radius 2 is 1.85 bits per heavy atom. The van der Waals surface area contributed by atoms with Gasteiger partial charge in [-0.3, -0.25) is 4.79 Å². The maximum atomic E-state index is 12.5. The van der Waals surface area contributed by atoms with Crippen LogP contribution in [-0.4, -0.2) is 31.4 Å². The summed E-state index contributed by atoms with van der Waals surface area (Å²) >= 11 is 7.39. The second-order valence-corrected chi connectivity index (χ2v) is 7.56. The standard InChI is InChI=1S/C18H18ClN5OS/c1-11-7-6-8-12(2)16(11)24-18(21-22-23-24)26-13(3)17(25)20-15-10-5-4-9-14(15)19/h4-10,13H,1-3H3,(H,20,25)/t13-/m1/s1. The maximum Gasteiger partial charge on any atom is 0.237 e. The highest BCUT2D eigenvalue weighted by atomic mass is 35.5. The van der Waals surface area contributed by atoms with E-state index in [4.69, 9.17) is 11.6 Å². The summed E-state index contributed by atoms with van der Waals surface area (Å²) in [6.45, 7) is 5.82. The van der Waals surface area contributed by atoms with E-state index in [0.29, 0.717) is 15.9 Å². The lowest BCUT2D eigenvalue weighted by Crippen LogP contribution is -2.23. The molecule has 1 amide bonds. The predicted molar refractivity (Wildman–Crippen MR) is 104 cm³/mol. The van der Waals surface area contributed by atoms with Crippen molar-refractivity contribution >= 4 is 35.0 Å². The van der Waals surface area contributed by atoms with Gasteiger partial charge >= 0.3 is 0 Å². The number of aryl methyl sites for hydroxylation is 2. The van der Waals surface area contributed by atoms with Crippen LogP contribution in [0, 0.1) is 13.8 Å². The molecule has 0 aliphatic heterocycles. The van der Waals surface area contributed by atoms with Gasteiger partial charge < -0.3 is 5.32 Å². The van der Waals surface area contributed by atoms with Gasteiger partial charge in [-0.25, -0.2) is 0 Å². The van der Waals surface area contributed by atoms with Crippen LogP contribution in [0.5, 0.6) is 0 Å². The minimum Gasteiger partial charge on any atom is -0.324 e. The highest BCUT2D eigenvalue weighted by Crippen LogP contribution is 2.27. The number of carbonyl (C=O) groups excluding carboxylic acids is 1. The third-order valence-electron chi connectivity index (χ3n) is 3.88. The van der Waals surface area contributed by atoms with E-state index in [-0.39, 0.29) is 5.91 Å². The molecule has 0 bridgehead atoms. The Labute approximate surface area is 160 Å². The number of hydrogen-bond acceptors (Lipinski definition) is 5. The summed E-state index contributed by atoms with van der Waals surface area (Å²) < 4.78 is 1.68. The van der Waals surface area contributed by atoms with E-state index in [0.717, 1.165) is 16.8 Å². The molecule has 134 valence electrons. The fourth-order valence-corrected chi connectivity index (χ4v) is 3.52. The average molecular weight is 388 g/mol. The van der Waals surface area contributed by atoms with Crippen LogP contribution in [-0.2, 0) is 4.79 Å². The fraction of sp³-hybridized carbons (Fsp3) is 0.222. The smallest absolute Gasteiger partial charge is 0.237 e. The Hall–Kier alpha value is -2.38. The van der Waals surface area contributed by atoms with Crippen molar-refractivity contribution in [2.75, 3.05) is 5.32 Å². The van der Waals surface area contributed by atoms with Crippen LogP contribution in [0.15, 0.2) is 47.6 Å². The van der Waals surface area contributed by atoms with Crippen molar-refractivity contribution < 1.29 is 4.79 Å². The van der Waals surface area contributed by atoms with E-state index in [1.807, 2.05) is 44.2 Å². The Kier molecular flexibility index (Phi) is 5.58. The minimum atomic E-state index is -0.402. The van der Waals surface area contributed by atoms with Crippen molar-refractivity contribution in [2.45, 2.75) is 31.2 Å². The van der Waals surface area contributed by atoms with Crippen LogP contribution >= 0.6 is 23.4 Å². The van der Waals surface area contributed by atoms with Crippen LogP contribution in [0.25, 0.3) is 5.69 Å². The maximum absolute atomic E-state index is 12.5. The average Bonchev–Trinajstić information content (AvgIpc) is 3.04. The fourth-order valence-electron chi connectivity index (χ4n) is 2.54. The predicted octanol–water partition coefficient (Wildman–Crippen LogP) is 4.05. The molecule has 0 unspecified atom stereocenters. The Bertz CT molecular complexity index is 923. The molecule has 0 saturated carbocycles. The van der Waals surface area contributed by atoms with Crippen LogP contribution in [0.4, 0.5) is 5.69 Å². The normalized spacial score (nSPS) is 12.0. The summed E-state index contributed by atoms with van der Waals surface area (Å²) in [5.41, 5.74) is 3.64. The number of aromatic nitrogens is 4. The van der Waals surface area contributed by atoms with Crippen LogP contribution in [0.1, 0.15) is 18.1 Å².